The highest BCUT2D eigenvalue weighted by Gasteiger charge is 2.30. The molecule has 2 heterocycles. The van der Waals surface area contributed by atoms with Gasteiger partial charge in [0.25, 0.3) is 0 Å². The van der Waals surface area contributed by atoms with E-state index < -0.39 is 10.0 Å². The SMILES string of the molecule is Cc1ccc(C)c(CN2C(=O)CSc3ccc(S(=O)(=O)N4CCOCC4)cc32)c1. The quantitative estimate of drug-likeness (QED) is 0.743. The number of rotatable bonds is 4. The van der Waals surface area contributed by atoms with Crippen LogP contribution < -0.4 is 4.90 Å². The van der Waals surface area contributed by atoms with Crippen molar-refractivity contribution in [3.63, 3.8) is 0 Å². The maximum Gasteiger partial charge on any atom is 0.243 e. The lowest BCUT2D eigenvalue weighted by Gasteiger charge is -2.31. The van der Waals surface area contributed by atoms with Gasteiger partial charge in [-0.3, -0.25) is 4.79 Å². The number of carbonyl (C=O) groups is 1. The third kappa shape index (κ3) is 4.07. The Bertz CT molecular complexity index is 1050. The maximum absolute atomic E-state index is 13.1. The van der Waals surface area contributed by atoms with Crippen LogP contribution in [0.1, 0.15) is 16.7 Å². The van der Waals surface area contributed by atoms with Crippen LogP contribution in [0.25, 0.3) is 0 Å². The van der Waals surface area contributed by atoms with Gasteiger partial charge in [0, 0.05) is 18.0 Å². The average Bonchev–Trinajstić information content (AvgIpc) is 2.73. The highest BCUT2D eigenvalue weighted by molar-refractivity contribution is 8.00. The number of hydrogen-bond acceptors (Lipinski definition) is 5. The Hall–Kier alpha value is -1.87. The summed E-state index contributed by atoms with van der Waals surface area (Å²) in [6.07, 6.45) is 0. The fourth-order valence-electron chi connectivity index (χ4n) is 3.59. The molecule has 0 aliphatic carbocycles. The van der Waals surface area contributed by atoms with E-state index >= 15 is 0 Å². The summed E-state index contributed by atoms with van der Waals surface area (Å²) in [6.45, 7) is 5.98. The van der Waals surface area contributed by atoms with Gasteiger partial charge in [-0.05, 0) is 43.2 Å². The topological polar surface area (TPSA) is 66.9 Å². The number of hydrogen-bond donors (Lipinski definition) is 0. The van der Waals surface area contributed by atoms with E-state index in [0.717, 1.165) is 21.6 Å². The van der Waals surface area contributed by atoms with Gasteiger partial charge in [0.2, 0.25) is 15.9 Å². The fraction of sp³-hybridized carbons (Fsp3) is 0.381. The fourth-order valence-corrected chi connectivity index (χ4v) is 5.94. The highest BCUT2D eigenvalue weighted by Crippen LogP contribution is 2.38. The molecule has 2 aliphatic rings. The highest BCUT2D eigenvalue weighted by atomic mass is 32.2. The predicted molar refractivity (Wildman–Crippen MR) is 114 cm³/mol. The van der Waals surface area contributed by atoms with Gasteiger partial charge >= 0.3 is 0 Å². The molecular weight excluding hydrogens is 408 g/mol. The molecule has 0 radical (unpaired) electrons. The second-order valence-corrected chi connectivity index (χ2v) is 10.3. The molecular formula is C21H24N2O4S2. The molecule has 0 spiro atoms. The second kappa shape index (κ2) is 8.10. The van der Waals surface area contributed by atoms with Crippen LogP contribution in [-0.2, 0) is 26.1 Å². The second-order valence-electron chi connectivity index (χ2n) is 7.34. The van der Waals surface area contributed by atoms with E-state index in [4.69, 9.17) is 4.74 Å². The van der Waals surface area contributed by atoms with Gasteiger partial charge in [-0.15, -0.1) is 11.8 Å². The lowest BCUT2D eigenvalue weighted by atomic mass is 10.0. The first kappa shape index (κ1) is 20.4. The number of sulfonamides is 1. The number of aryl methyl sites for hydroxylation is 2. The minimum Gasteiger partial charge on any atom is -0.379 e. The van der Waals surface area contributed by atoms with Crippen LogP contribution in [0.3, 0.4) is 0 Å². The molecule has 29 heavy (non-hydrogen) atoms. The van der Waals surface area contributed by atoms with Crippen molar-refractivity contribution in [3.05, 3.63) is 53.1 Å². The van der Waals surface area contributed by atoms with Crippen LogP contribution in [-0.4, -0.2) is 50.7 Å². The zero-order valence-corrected chi connectivity index (χ0v) is 18.2. The molecule has 8 heteroatoms. The number of benzene rings is 2. The molecule has 4 rings (SSSR count). The van der Waals surface area contributed by atoms with Crippen LogP contribution in [0.2, 0.25) is 0 Å². The van der Waals surface area contributed by atoms with Gasteiger partial charge in [0.15, 0.2) is 0 Å². The Kier molecular flexibility index (Phi) is 5.70. The van der Waals surface area contributed by atoms with Crippen LogP contribution in [0, 0.1) is 13.8 Å². The molecule has 6 nitrogen and oxygen atoms in total. The first-order valence-electron chi connectivity index (χ1n) is 9.57. The minimum atomic E-state index is -3.62. The van der Waals surface area contributed by atoms with Gasteiger partial charge in [-0.1, -0.05) is 23.8 Å². The van der Waals surface area contributed by atoms with Gasteiger partial charge in [0.1, 0.15) is 0 Å². The van der Waals surface area contributed by atoms with Crippen molar-refractivity contribution in [2.24, 2.45) is 0 Å². The molecule has 0 saturated carbocycles. The normalized spacial score (nSPS) is 18.0. The van der Waals surface area contributed by atoms with Gasteiger partial charge in [-0.2, -0.15) is 4.31 Å². The van der Waals surface area contributed by atoms with Crippen molar-refractivity contribution >= 4 is 33.4 Å². The Morgan fingerprint density at radius 1 is 1.07 bits per heavy atom. The number of amides is 1. The molecule has 0 aromatic heterocycles. The maximum atomic E-state index is 13.1. The molecule has 1 saturated heterocycles. The predicted octanol–water partition coefficient (Wildman–Crippen LogP) is 2.96. The van der Waals surface area contributed by atoms with Crippen LogP contribution in [0.5, 0.6) is 0 Å². The minimum absolute atomic E-state index is 0.00988. The molecule has 0 unspecified atom stereocenters. The van der Waals surface area contributed by atoms with E-state index in [1.165, 1.54) is 16.1 Å². The van der Waals surface area contributed by atoms with Crippen molar-refractivity contribution in [2.75, 3.05) is 37.0 Å². The molecule has 1 fully saturated rings. The molecule has 0 atom stereocenters. The Morgan fingerprint density at radius 2 is 1.83 bits per heavy atom. The zero-order chi connectivity index (χ0) is 20.6. The lowest BCUT2D eigenvalue weighted by Crippen LogP contribution is -2.41. The Labute approximate surface area is 175 Å². The summed E-state index contributed by atoms with van der Waals surface area (Å²) in [5, 5.41) is 0. The van der Waals surface area contributed by atoms with Crippen molar-refractivity contribution in [3.8, 4) is 0 Å². The molecule has 154 valence electrons. The van der Waals surface area contributed by atoms with E-state index in [0.29, 0.717) is 44.3 Å². The summed E-state index contributed by atoms with van der Waals surface area (Å²) in [5.41, 5.74) is 3.98. The number of fused-ring (bicyclic) bond motifs is 1. The molecule has 2 aliphatic heterocycles. The number of nitrogens with zero attached hydrogens (tertiary/aromatic N) is 2. The van der Waals surface area contributed by atoms with Crippen LogP contribution in [0.4, 0.5) is 5.69 Å². The number of anilines is 1. The van der Waals surface area contributed by atoms with Crippen LogP contribution >= 0.6 is 11.8 Å². The van der Waals surface area contributed by atoms with Crippen LogP contribution in [0.15, 0.2) is 46.2 Å². The number of carbonyl (C=O) groups excluding carboxylic acids is 1. The van der Waals surface area contributed by atoms with E-state index in [1.807, 2.05) is 32.0 Å². The first-order chi connectivity index (χ1) is 13.9. The van der Waals surface area contributed by atoms with Gasteiger partial charge in [-0.25, -0.2) is 8.42 Å². The number of morpholine rings is 1. The summed E-state index contributed by atoms with van der Waals surface area (Å²) < 4.78 is 32.9. The molecule has 2 aromatic carbocycles. The summed E-state index contributed by atoms with van der Waals surface area (Å²) in [6, 6.07) is 11.3. The third-order valence-corrected chi connectivity index (χ3v) is 8.26. The first-order valence-corrected chi connectivity index (χ1v) is 12.0. The molecule has 0 bridgehead atoms. The summed E-state index contributed by atoms with van der Waals surface area (Å²) in [7, 11) is -3.62. The van der Waals surface area contributed by atoms with Crippen molar-refractivity contribution in [2.45, 2.75) is 30.2 Å². The van der Waals surface area contributed by atoms with Crippen molar-refractivity contribution in [1.82, 2.24) is 4.31 Å². The van der Waals surface area contributed by atoms with E-state index in [9.17, 15) is 13.2 Å². The van der Waals surface area contributed by atoms with Gasteiger partial charge < -0.3 is 9.64 Å². The molecule has 1 amide bonds. The Balaban J connectivity index is 1.71. The standard InChI is InChI=1S/C21H24N2O4S2/c1-15-3-4-16(2)17(11-15)13-23-19-12-18(5-6-20(19)28-14-21(23)24)29(25,26)22-7-9-27-10-8-22/h3-6,11-12H,7-10,13-14H2,1-2H3. The van der Waals surface area contributed by atoms with Crippen molar-refractivity contribution < 1.29 is 17.9 Å². The smallest absolute Gasteiger partial charge is 0.243 e. The number of ether oxygens (including phenoxy) is 1. The monoisotopic (exact) mass is 432 g/mol. The summed E-state index contributed by atoms with van der Waals surface area (Å²) >= 11 is 1.45. The Morgan fingerprint density at radius 3 is 2.59 bits per heavy atom. The van der Waals surface area contributed by atoms with E-state index in [1.54, 1.807) is 17.0 Å². The number of thioether (sulfide) groups is 1. The molecule has 2 aromatic rings. The average molecular weight is 433 g/mol. The summed E-state index contributed by atoms with van der Waals surface area (Å²) in [4.78, 5) is 15.6. The van der Waals surface area contributed by atoms with E-state index in [-0.39, 0.29) is 10.8 Å². The zero-order valence-electron chi connectivity index (χ0n) is 16.6. The van der Waals surface area contributed by atoms with Gasteiger partial charge in [0.05, 0.1) is 36.1 Å². The van der Waals surface area contributed by atoms with E-state index in [2.05, 4.69) is 6.07 Å². The lowest BCUT2D eigenvalue weighted by molar-refractivity contribution is -0.116. The van der Waals surface area contributed by atoms with Crippen molar-refractivity contribution in [1.29, 1.82) is 0 Å². The molecule has 0 N–H and O–H groups in total. The third-order valence-electron chi connectivity index (χ3n) is 5.31. The summed E-state index contributed by atoms with van der Waals surface area (Å²) in [5.74, 6) is 0.345. The largest absolute Gasteiger partial charge is 0.379 e.